The van der Waals surface area contributed by atoms with Crippen molar-refractivity contribution < 1.29 is 0 Å². The first kappa shape index (κ1) is 20.7. The van der Waals surface area contributed by atoms with E-state index in [1.54, 1.807) is 0 Å². The molecule has 2 aromatic rings. The summed E-state index contributed by atoms with van der Waals surface area (Å²) in [6.45, 7) is 2.28. The minimum atomic E-state index is 1.22. The zero-order valence-electron chi connectivity index (χ0n) is 16.9. The van der Waals surface area contributed by atoms with Crippen LogP contribution < -0.4 is 0 Å². The number of hydrogen-bond acceptors (Lipinski definition) is 0. The quantitative estimate of drug-likeness (QED) is 0.236. The van der Waals surface area contributed by atoms with Crippen LogP contribution in [0.1, 0.15) is 89.5 Å². The van der Waals surface area contributed by atoms with E-state index in [9.17, 15) is 0 Å². The molecule has 0 spiro atoms. The van der Waals surface area contributed by atoms with Gasteiger partial charge in [0.05, 0.1) is 0 Å². The Bertz CT molecular complexity index is 617. The molecule has 0 saturated heterocycles. The lowest BCUT2D eigenvalue weighted by molar-refractivity contribution is 0.617. The van der Waals surface area contributed by atoms with Crippen LogP contribution in [0.3, 0.4) is 0 Å². The number of allylic oxidation sites excluding steroid dienone is 2. The van der Waals surface area contributed by atoms with Crippen LogP contribution in [0.5, 0.6) is 0 Å². The van der Waals surface area contributed by atoms with E-state index in [4.69, 9.17) is 0 Å². The molecule has 0 heteroatoms. The van der Waals surface area contributed by atoms with Crippen LogP contribution in [-0.2, 0) is 6.42 Å². The normalized spacial score (nSPS) is 11.6. The van der Waals surface area contributed by atoms with Gasteiger partial charge >= 0.3 is 0 Å². The summed E-state index contributed by atoms with van der Waals surface area (Å²) in [4.78, 5) is 0. The third-order valence-electron chi connectivity index (χ3n) is 5.34. The molecule has 0 bridgehead atoms. The fourth-order valence-corrected chi connectivity index (χ4v) is 3.72. The SMILES string of the molecule is CCCCCCC/C=C/CCCCCCCc1cccc2ccccc12. The highest BCUT2D eigenvalue weighted by Gasteiger charge is 2.00. The Kier molecular flexibility index (Phi) is 10.9. The van der Waals surface area contributed by atoms with Crippen molar-refractivity contribution >= 4 is 10.8 Å². The summed E-state index contributed by atoms with van der Waals surface area (Å²) in [7, 11) is 0. The molecule has 2 aromatic carbocycles. The molecule has 2 rings (SSSR count). The van der Waals surface area contributed by atoms with Gasteiger partial charge in [0.15, 0.2) is 0 Å². The summed E-state index contributed by atoms with van der Waals surface area (Å²) in [6.07, 6.45) is 22.4. The molecule has 0 N–H and O–H groups in total. The average molecular weight is 351 g/mol. The minimum absolute atomic E-state index is 1.22. The molecule has 0 amide bonds. The first-order valence-corrected chi connectivity index (χ1v) is 11.0. The van der Waals surface area contributed by atoms with Gasteiger partial charge in [0.1, 0.15) is 0 Å². The van der Waals surface area contributed by atoms with Crippen molar-refractivity contribution in [3.63, 3.8) is 0 Å². The third-order valence-corrected chi connectivity index (χ3v) is 5.34. The van der Waals surface area contributed by atoms with Gasteiger partial charge in [-0.25, -0.2) is 0 Å². The van der Waals surface area contributed by atoms with E-state index < -0.39 is 0 Å². The topological polar surface area (TPSA) is 0 Å². The zero-order valence-corrected chi connectivity index (χ0v) is 16.9. The van der Waals surface area contributed by atoms with Crippen LogP contribution in [0.2, 0.25) is 0 Å². The molecule has 0 unspecified atom stereocenters. The van der Waals surface area contributed by atoms with Crippen LogP contribution in [0.15, 0.2) is 54.6 Å². The Morgan fingerprint density at radius 3 is 2.00 bits per heavy atom. The highest BCUT2D eigenvalue weighted by atomic mass is 14.0. The van der Waals surface area contributed by atoms with E-state index in [-0.39, 0.29) is 0 Å². The van der Waals surface area contributed by atoms with Gasteiger partial charge in [-0.3, -0.25) is 0 Å². The van der Waals surface area contributed by atoms with Crippen molar-refractivity contribution in [2.75, 3.05) is 0 Å². The highest BCUT2D eigenvalue weighted by Crippen LogP contribution is 2.20. The molecule has 0 heterocycles. The van der Waals surface area contributed by atoms with Crippen LogP contribution in [0.25, 0.3) is 10.8 Å². The molecule has 0 radical (unpaired) electrons. The lowest BCUT2D eigenvalue weighted by Crippen LogP contribution is -1.88. The van der Waals surface area contributed by atoms with Gasteiger partial charge in [0.25, 0.3) is 0 Å². The van der Waals surface area contributed by atoms with E-state index in [2.05, 4.69) is 61.5 Å². The van der Waals surface area contributed by atoms with E-state index in [0.717, 1.165) is 0 Å². The number of aryl methyl sites for hydroxylation is 1. The fourth-order valence-electron chi connectivity index (χ4n) is 3.72. The van der Waals surface area contributed by atoms with E-state index in [1.807, 2.05) is 0 Å². The maximum Gasteiger partial charge on any atom is -0.0152 e. The maximum atomic E-state index is 2.41. The number of unbranched alkanes of at least 4 members (excludes halogenated alkanes) is 10. The molecule has 0 fully saturated rings. The standard InChI is InChI=1S/C26H38/c1-2-3-4-5-6-7-8-9-10-11-12-13-14-15-19-24-21-18-22-25-20-16-17-23-26(24)25/h8-9,16-18,20-23H,2-7,10-15,19H2,1H3/b9-8+. The van der Waals surface area contributed by atoms with Crippen LogP contribution in [0.4, 0.5) is 0 Å². The van der Waals surface area contributed by atoms with Gasteiger partial charge < -0.3 is 0 Å². The number of hydrogen-bond donors (Lipinski definition) is 0. The van der Waals surface area contributed by atoms with Crippen LogP contribution >= 0.6 is 0 Å². The molecule has 26 heavy (non-hydrogen) atoms. The lowest BCUT2D eigenvalue weighted by atomic mass is 9.99. The van der Waals surface area contributed by atoms with Crippen molar-refractivity contribution in [3.05, 3.63) is 60.2 Å². The number of rotatable bonds is 14. The predicted molar refractivity (Wildman–Crippen MR) is 118 cm³/mol. The van der Waals surface area contributed by atoms with Gasteiger partial charge in [-0.05, 0) is 54.9 Å². The van der Waals surface area contributed by atoms with Crippen LogP contribution in [-0.4, -0.2) is 0 Å². The van der Waals surface area contributed by atoms with Gasteiger partial charge in [-0.2, -0.15) is 0 Å². The minimum Gasteiger partial charge on any atom is -0.0885 e. The zero-order chi connectivity index (χ0) is 18.3. The summed E-state index contributed by atoms with van der Waals surface area (Å²) in [6, 6.07) is 15.5. The molecule has 0 nitrogen and oxygen atoms in total. The van der Waals surface area contributed by atoms with Crippen molar-refractivity contribution in [1.29, 1.82) is 0 Å². The number of benzene rings is 2. The monoisotopic (exact) mass is 350 g/mol. The summed E-state index contributed by atoms with van der Waals surface area (Å²) < 4.78 is 0. The third kappa shape index (κ3) is 8.21. The molecular weight excluding hydrogens is 312 g/mol. The smallest absolute Gasteiger partial charge is 0.0152 e. The highest BCUT2D eigenvalue weighted by molar-refractivity contribution is 5.85. The van der Waals surface area contributed by atoms with E-state index >= 15 is 0 Å². The molecule has 0 aromatic heterocycles. The second-order valence-corrected chi connectivity index (χ2v) is 7.62. The van der Waals surface area contributed by atoms with E-state index in [1.165, 1.54) is 99.8 Å². The van der Waals surface area contributed by atoms with Gasteiger partial charge in [-0.1, -0.05) is 106 Å². The van der Waals surface area contributed by atoms with Gasteiger partial charge in [0, 0.05) is 0 Å². The van der Waals surface area contributed by atoms with Crippen LogP contribution in [0, 0.1) is 0 Å². The molecule has 0 aliphatic rings. The second kappa shape index (κ2) is 13.6. The molecule has 0 atom stereocenters. The molecule has 0 aliphatic carbocycles. The largest absolute Gasteiger partial charge is 0.0885 e. The predicted octanol–water partition coefficient (Wildman–Crippen LogP) is 8.64. The summed E-state index contributed by atoms with van der Waals surface area (Å²) in [5.41, 5.74) is 1.52. The Hall–Kier alpha value is -1.56. The molecule has 142 valence electrons. The van der Waals surface area contributed by atoms with E-state index in [0.29, 0.717) is 0 Å². The van der Waals surface area contributed by atoms with Gasteiger partial charge in [-0.15, -0.1) is 0 Å². The molecular formula is C26H38. The van der Waals surface area contributed by atoms with Crippen molar-refractivity contribution in [2.24, 2.45) is 0 Å². The summed E-state index contributed by atoms with van der Waals surface area (Å²) >= 11 is 0. The molecule has 0 saturated carbocycles. The average Bonchev–Trinajstić information content (AvgIpc) is 2.68. The van der Waals surface area contributed by atoms with Crippen molar-refractivity contribution in [2.45, 2.75) is 90.4 Å². The number of fused-ring (bicyclic) bond motifs is 1. The van der Waals surface area contributed by atoms with Crippen molar-refractivity contribution in [3.8, 4) is 0 Å². The fraction of sp³-hybridized carbons (Fsp3) is 0.538. The molecule has 0 aliphatic heterocycles. The summed E-state index contributed by atoms with van der Waals surface area (Å²) in [5.74, 6) is 0. The first-order valence-electron chi connectivity index (χ1n) is 11.0. The Morgan fingerprint density at radius 1 is 0.615 bits per heavy atom. The Balaban J connectivity index is 1.47. The second-order valence-electron chi connectivity index (χ2n) is 7.62. The summed E-state index contributed by atoms with van der Waals surface area (Å²) in [5, 5.41) is 2.82. The lowest BCUT2D eigenvalue weighted by Gasteiger charge is -2.06. The van der Waals surface area contributed by atoms with Crippen molar-refractivity contribution in [1.82, 2.24) is 0 Å². The Labute approximate surface area is 161 Å². The van der Waals surface area contributed by atoms with Gasteiger partial charge in [0.2, 0.25) is 0 Å². The Morgan fingerprint density at radius 2 is 1.23 bits per heavy atom. The maximum absolute atomic E-state index is 2.41. The first-order chi connectivity index (χ1) is 12.9.